The van der Waals surface area contributed by atoms with Crippen molar-refractivity contribution in [1.29, 1.82) is 0 Å². The van der Waals surface area contributed by atoms with E-state index in [2.05, 4.69) is 48.9 Å². The van der Waals surface area contributed by atoms with Gasteiger partial charge in [-0.2, -0.15) is 0 Å². The van der Waals surface area contributed by atoms with Crippen LogP contribution >= 0.6 is 0 Å². The zero-order chi connectivity index (χ0) is 22.8. The molecular formula is C26H31N4O2+. The van der Waals surface area contributed by atoms with Gasteiger partial charge in [0.15, 0.2) is 0 Å². The minimum Gasteiger partial charge on any atom is -0.352 e. The van der Waals surface area contributed by atoms with Crippen LogP contribution < -0.4 is 5.32 Å². The van der Waals surface area contributed by atoms with Gasteiger partial charge < -0.3 is 14.7 Å². The van der Waals surface area contributed by atoms with E-state index in [0.29, 0.717) is 24.4 Å². The van der Waals surface area contributed by atoms with Gasteiger partial charge in [0.25, 0.3) is 5.91 Å². The van der Waals surface area contributed by atoms with Gasteiger partial charge in [0.05, 0.1) is 38.1 Å². The van der Waals surface area contributed by atoms with Crippen molar-refractivity contribution in [3.05, 3.63) is 113 Å². The second-order valence-electron chi connectivity index (χ2n) is 8.60. The van der Waals surface area contributed by atoms with Gasteiger partial charge in [-0.05, 0) is 22.9 Å². The van der Waals surface area contributed by atoms with Crippen LogP contribution in [0.2, 0.25) is 0 Å². The number of allylic oxidation sites excluding steroid dienone is 1. The van der Waals surface area contributed by atoms with Gasteiger partial charge >= 0.3 is 0 Å². The van der Waals surface area contributed by atoms with E-state index in [1.165, 1.54) is 11.8 Å². The lowest BCUT2D eigenvalue weighted by Crippen LogP contribution is -2.41. The lowest BCUT2D eigenvalue weighted by molar-refractivity contribution is -0.903. The molecule has 2 aromatic carbocycles. The third kappa shape index (κ3) is 7.03. The topological polar surface area (TPSA) is 61.8 Å². The van der Waals surface area contributed by atoms with Crippen LogP contribution in [0.25, 0.3) is 0 Å². The van der Waals surface area contributed by atoms with Gasteiger partial charge in [-0.3, -0.25) is 4.79 Å². The fraction of sp³-hybridized carbons (Fsp3) is 0.269. The number of hydrogen-bond acceptors (Lipinski definition) is 4. The third-order valence-corrected chi connectivity index (χ3v) is 5.38. The molecule has 0 bridgehead atoms. The van der Waals surface area contributed by atoms with E-state index in [0.717, 1.165) is 29.6 Å². The normalized spacial score (nSPS) is 14.9. The van der Waals surface area contributed by atoms with E-state index in [1.54, 1.807) is 18.4 Å². The Balaban J connectivity index is 1.53. The van der Waals surface area contributed by atoms with Crippen LogP contribution in [0, 0.1) is 4.91 Å². The Morgan fingerprint density at radius 3 is 2.31 bits per heavy atom. The maximum absolute atomic E-state index is 12.7. The third-order valence-electron chi connectivity index (χ3n) is 5.38. The average Bonchev–Trinajstić information content (AvgIpc) is 2.79. The first-order valence-electron chi connectivity index (χ1n) is 10.8. The molecule has 1 N–H and O–H groups in total. The van der Waals surface area contributed by atoms with Crippen LogP contribution in [0.3, 0.4) is 0 Å². The Kier molecular flexibility index (Phi) is 8.11. The first-order valence-corrected chi connectivity index (χ1v) is 10.8. The molecule has 2 aromatic rings. The number of nitrogens with zero attached hydrogens (tertiary/aromatic N) is 3. The Bertz CT molecular complexity index is 995. The Hall–Kier alpha value is -3.51. The molecule has 32 heavy (non-hydrogen) atoms. The predicted octanol–water partition coefficient (Wildman–Crippen LogP) is 4.33. The molecule has 1 heterocycles. The highest BCUT2D eigenvalue weighted by molar-refractivity contribution is 5.96. The average molecular weight is 432 g/mol. The SMILES string of the molecule is C[N+](C)(CCCNC(=O)C1=CN(Cc2ccccc2)/C(=C/N=O)C=C1)Cc1ccccc1. The molecule has 0 unspecified atom stereocenters. The highest BCUT2D eigenvalue weighted by Crippen LogP contribution is 2.20. The van der Waals surface area contributed by atoms with E-state index in [9.17, 15) is 9.70 Å². The minimum absolute atomic E-state index is 0.120. The summed E-state index contributed by atoms with van der Waals surface area (Å²) in [7, 11) is 4.41. The molecule has 0 atom stereocenters. The largest absolute Gasteiger partial charge is 0.352 e. The lowest BCUT2D eigenvalue weighted by Gasteiger charge is -2.30. The summed E-state index contributed by atoms with van der Waals surface area (Å²) in [6.07, 6.45) is 7.39. The van der Waals surface area contributed by atoms with Crippen molar-refractivity contribution in [1.82, 2.24) is 10.2 Å². The number of benzene rings is 2. The molecule has 0 saturated heterocycles. The summed E-state index contributed by atoms with van der Waals surface area (Å²) < 4.78 is 0.861. The standard InChI is InChI=1S/C26H30N4O2/c1-30(2,21-23-12-7-4-8-13-23)17-9-16-27-26(31)24-14-15-25(18-28-32)29(20-24)19-22-10-5-3-6-11-22/h3-8,10-15,18,20H,9,16-17,19,21H2,1-2H3/p+1/b25-18+. The zero-order valence-corrected chi connectivity index (χ0v) is 18.8. The number of rotatable bonds is 10. The van der Waals surface area contributed by atoms with Crippen LogP contribution in [-0.2, 0) is 17.9 Å². The number of amides is 1. The molecule has 0 spiro atoms. The van der Waals surface area contributed by atoms with Crippen molar-refractivity contribution < 1.29 is 9.28 Å². The van der Waals surface area contributed by atoms with Crippen molar-refractivity contribution in [3.8, 4) is 0 Å². The van der Waals surface area contributed by atoms with Crippen molar-refractivity contribution in [3.63, 3.8) is 0 Å². The second-order valence-corrected chi connectivity index (χ2v) is 8.60. The number of nitrogens with one attached hydrogen (secondary N) is 1. The molecular weight excluding hydrogens is 400 g/mol. The molecule has 0 saturated carbocycles. The second kappa shape index (κ2) is 11.2. The van der Waals surface area contributed by atoms with Crippen LogP contribution in [0.5, 0.6) is 0 Å². The molecule has 166 valence electrons. The first-order chi connectivity index (χ1) is 15.5. The molecule has 0 aliphatic carbocycles. The molecule has 1 amide bonds. The number of quaternary nitrogens is 1. The van der Waals surface area contributed by atoms with Gasteiger partial charge in [0, 0.05) is 31.3 Å². The van der Waals surface area contributed by atoms with Crippen LogP contribution in [0.4, 0.5) is 0 Å². The molecule has 0 aromatic heterocycles. The number of carbonyl (C=O) groups excluding carboxylic acids is 1. The summed E-state index contributed by atoms with van der Waals surface area (Å²) in [5, 5.41) is 5.92. The zero-order valence-electron chi connectivity index (χ0n) is 18.8. The Labute approximate surface area is 190 Å². The number of carbonyl (C=O) groups is 1. The summed E-state index contributed by atoms with van der Waals surface area (Å²) >= 11 is 0. The highest BCUT2D eigenvalue weighted by atomic mass is 16.2. The van der Waals surface area contributed by atoms with E-state index < -0.39 is 0 Å². The Morgan fingerprint density at radius 2 is 1.66 bits per heavy atom. The summed E-state index contributed by atoms with van der Waals surface area (Å²) in [4.78, 5) is 25.3. The quantitative estimate of drug-likeness (QED) is 0.346. The first kappa shape index (κ1) is 23.2. The van der Waals surface area contributed by atoms with Crippen molar-refractivity contribution in [2.24, 2.45) is 5.18 Å². The number of hydrogen-bond donors (Lipinski definition) is 1. The maximum Gasteiger partial charge on any atom is 0.252 e. The molecule has 1 aliphatic heterocycles. The summed E-state index contributed by atoms with van der Waals surface area (Å²) in [6, 6.07) is 20.3. The van der Waals surface area contributed by atoms with Crippen LogP contribution in [0.15, 0.2) is 102 Å². The fourth-order valence-electron chi connectivity index (χ4n) is 3.75. The summed E-state index contributed by atoms with van der Waals surface area (Å²) in [5.41, 5.74) is 3.60. The van der Waals surface area contributed by atoms with Crippen LogP contribution in [-0.4, -0.2) is 42.5 Å². The predicted molar refractivity (Wildman–Crippen MR) is 128 cm³/mol. The van der Waals surface area contributed by atoms with E-state index >= 15 is 0 Å². The van der Waals surface area contributed by atoms with Crippen molar-refractivity contribution in [2.45, 2.75) is 19.5 Å². The summed E-state index contributed by atoms with van der Waals surface area (Å²) in [5.74, 6) is -0.120. The molecule has 3 rings (SSSR count). The molecule has 6 heteroatoms. The van der Waals surface area contributed by atoms with Crippen molar-refractivity contribution in [2.75, 3.05) is 27.2 Å². The van der Waals surface area contributed by atoms with Gasteiger partial charge in [-0.1, -0.05) is 60.7 Å². The molecule has 0 radical (unpaired) electrons. The summed E-state index contributed by atoms with van der Waals surface area (Å²) in [6.45, 7) is 3.07. The highest BCUT2D eigenvalue weighted by Gasteiger charge is 2.18. The molecule has 0 fully saturated rings. The lowest BCUT2D eigenvalue weighted by atomic mass is 10.1. The van der Waals surface area contributed by atoms with Gasteiger partial charge in [0.1, 0.15) is 6.54 Å². The minimum atomic E-state index is -0.120. The van der Waals surface area contributed by atoms with Gasteiger partial charge in [-0.15, -0.1) is 4.91 Å². The van der Waals surface area contributed by atoms with E-state index in [-0.39, 0.29) is 5.91 Å². The van der Waals surface area contributed by atoms with Gasteiger partial charge in [-0.25, -0.2) is 0 Å². The van der Waals surface area contributed by atoms with Crippen LogP contribution in [0.1, 0.15) is 17.5 Å². The van der Waals surface area contributed by atoms with Crippen molar-refractivity contribution >= 4 is 5.91 Å². The monoisotopic (exact) mass is 431 g/mol. The smallest absolute Gasteiger partial charge is 0.252 e. The van der Waals surface area contributed by atoms with E-state index in [4.69, 9.17) is 0 Å². The Morgan fingerprint density at radius 1 is 1.00 bits per heavy atom. The molecule has 1 aliphatic rings. The molecule has 6 nitrogen and oxygen atoms in total. The van der Waals surface area contributed by atoms with Gasteiger partial charge in [0.2, 0.25) is 0 Å². The number of nitroso groups, excluding NO2 is 1. The fourth-order valence-corrected chi connectivity index (χ4v) is 3.75. The maximum atomic E-state index is 12.7. The van der Waals surface area contributed by atoms with E-state index in [1.807, 2.05) is 41.3 Å².